The average molecular weight is 283 g/mol. The molecule has 0 aliphatic carbocycles. The maximum atomic E-state index is 8.87. The Morgan fingerprint density at radius 1 is 1.60 bits per heavy atom. The van der Waals surface area contributed by atoms with Crippen molar-refractivity contribution in [2.45, 2.75) is 6.42 Å². The highest BCUT2D eigenvalue weighted by Gasteiger charge is 2.17. The minimum atomic E-state index is 0.387. The number of nitrogens with zero attached hydrogens (tertiary/aromatic N) is 2. The normalized spacial score (nSPS) is 10.1. The molecule has 2 heterocycles. The first-order valence-corrected chi connectivity index (χ1v) is 6.35. The summed E-state index contributed by atoms with van der Waals surface area (Å²) in [6.45, 7) is 0. The van der Waals surface area contributed by atoms with Crippen LogP contribution in [-0.2, 0) is 6.42 Å². The van der Waals surface area contributed by atoms with Crippen molar-refractivity contribution in [1.82, 2.24) is 5.16 Å². The lowest BCUT2D eigenvalue weighted by molar-refractivity contribution is 0.430. The molecule has 0 radical (unpaired) electrons. The lowest BCUT2D eigenvalue weighted by atomic mass is 10.1. The monoisotopic (exact) mass is 282 g/mol. The van der Waals surface area contributed by atoms with Crippen LogP contribution >= 0.6 is 27.3 Å². The average Bonchev–Trinajstić information content (AvgIpc) is 2.85. The van der Waals surface area contributed by atoms with Gasteiger partial charge in [-0.1, -0.05) is 27.2 Å². The van der Waals surface area contributed by atoms with Crippen LogP contribution in [0.2, 0.25) is 0 Å². The Balaban J connectivity index is 2.49. The third-order valence-electron chi connectivity index (χ3n) is 1.98. The molecule has 2 aromatic heterocycles. The second-order valence-electron chi connectivity index (χ2n) is 2.87. The Hall–Kier alpha value is -1.12. The zero-order valence-corrected chi connectivity index (χ0v) is 10.1. The van der Waals surface area contributed by atoms with E-state index in [0.29, 0.717) is 5.69 Å². The van der Waals surface area contributed by atoms with Gasteiger partial charge in [0.05, 0.1) is 4.88 Å². The lowest BCUT2D eigenvalue weighted by Crippen LogP contribution is -1.89. The zero-order valence-electron chi connectivity index (χ0n) is 7.74. The maximum absolute atomic E-state index is 8.87. The minimum Gasteiger partial charge on any atom is -0.354 e. The molecule has 0 aliphatic heterocycles. The molecule has 0 fully saturated rings. The van der Waals surface area contributed by atoms with Crippen molar-refractivity contribution in [3.8, 4) is 16.7 Å². The Morgan fingerprint density at radius 2 is 2.47 bits per heavy atom. The third kappa shape index (κ3) is 1.96. The van der Waals surface area contributed by atoms with Gasteiger partial charge in [0.2, 0.25) is 0 Å². The van der Waals surface area contributed by atoms with E-state index < -0.39 is 0 Å². The number of hydrogen-bond donors (Lipinski definition) is 0. The Morgan fingerprint density at radius 3 is 3.07 bits per heavy atom. The van der Waals surface area contributed by atoms with Crippen molar-refractivity contribution in [1.29, 1.82) is 5.26 Å². The number of nitriles is 1. The molecule has 0 saturated carbocycles. The highest BCUT2D eigenvalue weighted by atomic mass is 79.9. The summed E-state index contributed by atoms with van der Waals surface area (Å²) in [6.07, 6.45) is 0.750. The van der Waals surface area contributed by atoms with E-state index in [4.69, 9.17) is 9.78 Å². The molecule has 76 valence electrons. The molecule has 0 saturated heterocycles. The fourth-order valence-corrected chi connectivity index (χ4v) is 2.45. The molecule has 2 aromatic rings. The summed E-state index contributed by atoms with van der Waals surface area (Å²) < 4.78 is 5.20. The van der Waals surface area contributed by atoms with Crippen molar-refractivity contribution in [3.63, 3.8) is 0 Å². The summed E-state index contributed by atoms with van der Waals surface area (Å²) in [5.74, 6) is 0.723. The van der Waals surface area contributed by atoms with Crippen LogP contribution < -0.4 is 0 Å². The predicted octanol–water partition coefficient (Wildman–Crippen LogP) is 3.21. The second kappa shape index (κ2) is 4.60. The summed E-state index contributed by atoms with van der Waals surface area (Å²) in [5, 5.41) is 15.4. The van der Waals surface area contributed by atoms with Crippen LogP contribution in [0.4, 0.5) is 0 Å². The number of rotatable bonds is 3. The van der Waals surface area contributed by atoms with Crippen LogP contribution in [0.15, 0.2) is 22.0 Å². The minimum absolute atomic E-state index is 0.387. The topological polar surface area (TPSA) is 49.8 Å². The molecule has 0 amide bonds. The van der Waals surface area contributed by atoms with E-state index in [9.17, 15) is 0 Å². The van der Waals surface area contributed by atoms with Crippen molar-refractivity contribution >= 4 is 27.3 Å². The predicted molar refractivity (Wildman–Crippen MR) is 62.0 cm³/mol. The van der Waals surface area contributed by atoms with E-state index in [1.807, 2.05) is 23.6 Å². The van der Waals surface area contributed by atoms with E-state index in [2.05, 4.69) is 21.1 Å². The molecule has 3 nitrogen and oxygen atoms in total. The lowest BCUT2D eigenvalue weighted by Gasteiger charge is -1.95. The van der Waals surface area contributed by atoms with Gasteiger partial charge in [0.15, 0.2) is 11.5 Å². The van der Waals surface area contributed by atoms with Gasteiger partial charge in [0, 0.05) is 10.9 Å². The van der Waals surface area contributed by atoms with E-state index >= 15 is 0 Å². The van der Waals surface area contributed by atoms with Crippen molar-refractivity contribution < 1.29 is 4.52 Å². The highest BCUT2D eigenvalue weighted by Crippen LogP contribution is 2.30. The van der Waals surface area contributed by atoms with Gasteiger partial charge < -0.3 is 4.52 Å². The summed E-state index contributed by atoms with van der Waals surface area (Å²) in [5.41, 5.74) is 1.27. The van der Waals surface area contributed by atoms with Crippen LogP contribution in [-0.4, -0.2) is 10.5 Å². The van der Waals surface area contributed by atoms with Crippen molar-refractivity contribution in [3.05, 3.63) is 28.8 Å². The van der Waals surface area contributed by atoms with E-state index in [1.54, 1.807) is 11.3 Å². The summed E-state index contributed by atoms with van der Waals surface area (Å²) in [6, 6.07) is 5.95. The Labute approximate surface area is 99.4 Å². The standard InChI is InChI=1S/C10H7BrN2OS/c11-4-3-7-8(6-12)13-14-10(7)9-2-1-5-15-9/h1-2,5H,3-4H2. The molecule has 0 aromatic carbocycles. The Kier molecular flexibility index (Phi) is 3.19. The van der Waals surface area contributed by atoms with E-state index in [0.717, 1.165) is 28.0 Å². The van der Waals surface area contributed by atoms with Gasteiger partial charge in [-0.15, -0.1) is 11.3 Å². The fourth-order valence-electron chi connectivity index (χ4n) is 1.32. The molecule has 0 N–H and O–H groups in total. The first-order chi connectivity index (χ1) is 7.36. The number of halogens is 1. The van der Waals surface area contributed by atoms with Gasteiger partial charge in [0.25, 0.3) is 0 Å². The smallest absolute Gasteiger partial charge is 0.187 e. The van der Waals surface area contributed by atoms with Crippen molar-refractivity contribution in [2.75, 3.05) is 5.33 Å². The largest absolute Gasteiger partial charge is 0.354 e. The maximum Gasteiger partial charge on any atom is 0.187 e. The highest BCUT2D eigenvalue weighted by molar-refractivity contribution is 9.09. The molecular weight excluding hydrogens is 276 g/mol. The summed E-state index contributed by atoms with van der Waals surface area (Å²) in [4.78, 5) is 1.01. The molecule has 0 bridgehead atoms. The number of hydrogen-bond acceptors (Lipinski definition) is 4. The van der Waals surface area contributed by atoms with Gasteiger partial charge in [-0.2, -0.15) is 5.26 Å². The quantitative estimate of drug-likeness (QED) is 0.813. The number of alkyl halides is 1. The zero-order chi connectivity index (χ0) is 10.7. The van der Waals surface area contributed by atoms with Gasteiger partial charge in [-0.05, 0) is 17.9 Å². The third-order valence-corrected chi connectivity index (χ3v) is 3.25. The van der Waals surface area contributed by atoms with Crippen molar-refractivity contribution in [2.24, 2.45) is 0 Å². The van der Waals surface area contributed by atoms with Gasteiger partial charge >= 0.3 is 0 Å². The number of aromatic nitrogens is 1. The molecule has 0 unspecified atom stereocenters. The Bertz CT molecular complexity index is 484. The second-order valence-corrected chi connectivity index (χ2v) is 4.61. The molecule has 15 heavy (non-hydrogen) atoms. The van der Waals surface area contributed by atoms with Gasteiger partial charge in [-0.25, -0.2) is 0 Å². The first-order valence-electron chi connectivity index (χ1n) is 4.35. The van der Waals surface area contributed by atoms with E-state index in [1.165, 1.54) is 0 Å². The molecule has 0 aliphatic rings. The van der Waals surface area contributed by atoms with Gasteiger partial charge in [-0.3, -0.25) is 0 Å². The van der Waals surface area contributed by atoms with Crippen LogP contribution in [0.5, 0.6) is 0 Å². The SMILES string of the molecule is N#Cc1noc(-c2cccs2)c1CCBr. The van der Waals surface area contributed by atoms with Crippen LogP contribution in [0, 0.1) is 11.3 Å². The fraction of sp³-hybridized carbons (Fsp3) is 0.200. The van der Waals surface area contributed by atoms with Crippen LogP contribution in [0.3, 0.4) is 0 Å². The number of thiophene rings is 1. The molecule has 5 heteroatoms. The molecule has 2 rings (SSSR count). The van der Waals surface area contributed by atoms with Gasteiger partial charge in [0.1, 0.15) is 6.07 Å². The molecule has 0 atom stereocenters. The molecular formula is C10H7BrN2OS. The summed E-state index contributed by atoms with van der Waals surface area (Å²) in [7, 11) is 0. The van der Waals surface area contributed by atoms with Crippen LogP contribution in [0.25, 0.3) is 10.6 Å². The summed E-state index contributed by atoms with van der Waals surface area (Å²) >= 11 is 4.94. The van der Waals surface area contributed by atoms with E-state index in [-0.39, 0.29) is 0 Å². The van der Waals surface area contributed by atoms with Crippen LogP contribution in [0.1, 0.15) is 11.3 Å². The molecule has 0 spiro atoms. The first kappa shape index (κ1) is 10.4.